The van der Waals surface area contributed by atoms with E-state index in [1.807, 2.05) is 72.0 Å². The van der Waals surface area contributed by atoms with Crippen molar-refractivity contribution in [1.82, 2.24) is 15.0 Å². The molecule has 224 valence electrons. The third-order valence-electron chi connectivity index (χ3n) is 9.17. The van der Waals surface area contributed by atoms with Gasteiger partial charge < -0.3 is 4.42 Å². The average molecular weight is 632 g/mol. The Morgan fingerprint density at radius 1 is 0.354 bits per heavy atom. The molecule has 0 N–H and O–H groups in total. The van der Waals surface area contributed by atoms with Crippen LogP contribution in [0.25, 0.3) is 98.2 Å². The molecular formula is C43H25N3OS. The molecule has 0 saturated heterocycles. The van der Waals surface area contributed by atoms with Gasteiger partial charge in [0.2, 0.25) is 0 Å². The lowest BCUT2D eigenvalue weighted by molar-refractivity contribution is 0.669. The molecule has 0 fully saturated rings. The fourth-order valence-corrected chi connectivity index (χ4v) is 8.17. The van der Waals surface area contributed by atoms with Crippen LogP contribution < -0.4 is 0 Å². The highest BCUT2D eigenvalue weighted by Crippen LogP contribution is 2.43. The Kier molecular flexibility index (Phi) is 6.01. The van der Waals surface area contributed by atoms with Crippen molar-refractivity contribution in [2.75, 3.05) is 0 Å². The Hall–Kier alpha value is -6.17. The molecule has 0 unspecified atom stereocenters. The number of furan rings is 1. The van der Waals surface area contributed by atoms with E-state index in [2.05, 4.69) is 91.0 Å². The minimum absolute atomic E-state index is 0.610. The maximum absolute atomic E-state index is 6.24. The van der Waals surface area contributed by atoms with Crippen LogP contribution in [0.2, 0.25) is 0 Å². The van der Waals surface area contributed by atoms with Crippen LogP contribution in [-0.2, 0) is 0 Å². The first-order valence-corrected chi connectivity index (χ1v) is 16.8. The van der Waals surface area contributed by atoms with E-state index in [0.29, 0.717) is 17.5 Å². The monoisotopic (exact) mass is 631 g/mol. The first-order chi connectivity index (χ1) is 23.8. The zero-order valence-corrected chi connectivity index (χ0v) is 26.4. The van der Waals surface area contributed by atoms with Gasteiger partial charge >= 0.3 is 0 Å². The largest absolute Gasteiger partial charge is 0.456 e. The molecule has 5 heteroatoms. The molecule has 10 rings (SSSR count). The molecule has 0 aliphatic rings. The molecule has 4 nitrogen and oxygen atoms in total. The number of thiophene rings is 1. The number of aromatic nitrogens is 3. The molecule has 3 heterocycles. The molecule has 0 bridgehead atoms. The Balaban J connectivity index is 1.23. The second-order valence-electron chi connectivity index (χ2n) is 11.9. The summed E-state index contributed by atoms with van der Waals surface area (Å²) in [7, 11) is 0. The number of para-hydroxylation sites is 1. The molecule has 0 aliphatic carbocycles. The fourth-order valence-electron chi connectivity index (χ4n) is 7.03. The summed E-state index contributed by atoms with van der Waals surface area (Å²) in [5.41, 5.74) is 6.87. The molecule has 0 atom stereocenters. The van der Waals surface area contributed by atoms with Crippen LogP contribution in [0.1, 0.15) is 0 Å². The minimum atomic E-state index is 0.610. The van der Waals surface area contributed by atoms with Gasteiger partial charge in [-0.25, -0.2) is 15.0 Å². The van der Waals surface area contributed by atoms with E-state index in [9.17, 15) is 0 Å². The van der Waals surface area contributed by atoms with Crippen LogP contribution in [0.3, 0.4) is 0 Å². The van der Waals surface area contributed by atoms with Gasteiger partial charge in [0.1, 0.15) is 11.2 Å². The molecule has 7 aromatic carbocycles. The first-order valence-electron chi connectivity index (χ1n) is 15.9. The third kappa shape index (κ3) is 4.18. The summed E-state index contributed by atoms with van der Waals surface area (Å²) in [6, 6.07) is 52.6. The Labute approximate surface area is 279 Å². The molecule has 0 spiro atoms. The lowest BCUT2D eigenvalue weighted by Gasteiger charge is -2.13. The number of hydrogen-bond acceptors (Lipinski definition) is 5. The standard InChI is InChI=1S/C43H25N3OS/c1-2-12-26(13-3-1)41-44-42(46-43(45-41)34-21-10-23-36-39(34)32-14-4-6-22-35(32)47-36)31-20-9-16-27-28(17-8-18-29(27)31)30-19-11-25-38-40(30)33-15-5-7-24-37(33)48-38/h1-25H. The van der Waals surface area contributed by atoms with E-state index in [4.69, 9.17) is 19.4 Å². The molecule has 3 aromatic heterocycles. The number of hydrogen-bond donors (Lipinski definition) is 0. The SMILES string of the molecule is c1ccc(-c2nc(-c3cccc4c(-c5cccc6sc7ccccc7c56)cccc34)nc(-c3cccc4oc5ccccc5c34)n2)cc1. The molecule has 0 saturated carbocycles. The van der Waals surface area contributed by atoms with E-state index < -0.39 is 0 Å². The Morgan fingerprint density at radius 3 is 1.79 bits per heavy atom. The topological polar surface area (TPSA) is 51.8 Å². The highest BCUT2D eigenvalue weighted by molar-refractivity contribution is 7.25. The van der Waals surface area contributed by atoms with Crippen molar-refractivity contribution < 1.29 is 4.42 Å². The minimum Gasteiger partial charge on any atom is -0.456 e. The van der Waals surface area contributed by atoms with E-state index >= 15 is 0 Å². The highest BCUT2D eigenvalue weighted by Gasteiger charge is 2.19. The van der Waals surface area contributed by atoms with E-state index in [0.717, 1.165) is 49.4 Å². The molecular weight excluding hydrogens is 607 g/mol. The third-order valence-corrected chi connectivity index (χ3v) is 10.3. The van der Waals surface area contributed by atoms with Crippen LogP contribution >= 0.6 is 11.3 Å². The van der Waals surface area contributed by atoms with Crippen molar-refractivity contribution in [3.63, 3.8) is 0 Å². The van der Waals surface area contributed by atoms with Crippen molar-refractivity contribution >= 4 is 64.2 Å². The predicted octanol–water partition coefficient (Wildman–Crippen LogP) is 12.0. The van der Waals surface area contributed by atoms with Gasteiger partial charge in [0.15, 0.2) is 17.5 Å². The summed E-state index contributed by atoms with van der Waals surface area (Å²) in [4.78, 5) is 15.4. The van der Waals surface area contributed by atoms with Crippen molar-refractivity contribution in [2.45, 2.75) is 0 Å². The van der Waals surface area contributed by atoms with Crippen molar-refractivity contribution in [3.8, 4) is 45.3 Å². The van der Waals surface area contributed by atoms with Crippen molar-refractivity contribution in [1.29, 1.82) is 0 Å². The van der Waals surface area contributed by atoms with Gasteiger partial charge in [0.25, 0.3) is 0 Å². The van der Waals surface area contributed by atoms with Gasteiger partial charge in [-0.2, -0.15) is 0 Å². The number of benzene rings is 7. The molecule has 0 aliphatic heterocycles. The summed E-state index contributed by atoms with van der Waals surface area (Å²) in [5.74, 6) is 1.87. The second-order valence-corrected chi connectivity index (χ2v) is 13.0. The summed E-state index contributed by atoms with van der Waals surface area (Å²) >= 11 is 1.84. The number of rotatable bonds is 4. The summed E-state index contributed by atoms with van der Waals surface area (Å²) < 4.78 is 8.83. The normalized spacial score (nSPS) is 11.8. The van der Waals surface area contributed by atoms with Gasteiger partial charge in [-0.05, 0) is 46.2 Å². The van der Waals surface area contributed by atoms with Crippen LogP contribution in [0.15, 0.2) is 156 Å². The van der Waals surface area contributed by atoms with Crippen molar-refractivity contribution in [2.24, 2.45) is 0 Å². The molecule has 48 heavy (non-hydrogen) atoms. The van der Waals surface area contributed by atoms with Crippen molar-refractivity contribution in [3.05, 3.63) is 152 Å². The highest BCUT2D eigenvalue weighted by atomic mass is 32.1. The maximum atomic E-state index is 6.24. The van der Waals surface area contributed by atoms with Gasteiger partial charge in [-0.15, -0.1) is 11.3 Å². The second kappa shape index (κ2) is 10.7. The predicted molar refractivity (Wildman–Crippen MR) is 199 cm³/mol. The fraction of sp³-hybridized carbons (Fsp3) is 0. The smallest absolute Gasteiger partial charge is 0.164 e. The Morgan fingerprint density at radius 2 is 0.917 bits per heavy atom. The quantitative estimate of drug-likeness (QED) is 0.194. The van der Waals surface area contributed by atoms with E-state index in [1.54, 1.807) is 0 Å². The summed E-state index contributed by atoms with van der Waals surface area (Å²) in [6.45, 7) is 0. The van der Waals surface area contributed by atoms with Crippen LogP contribution in [0.4, 0.5) is 0 Å². The summed E-state index contributed by atoms with van der Waals surface area (Å²) in [5, 5.41) is 6.87. The lowest BCUT2D eigenvalue weighted by Crippen LogP contribution is -2.01. The zero-order valence-electron chi connectivity index (χ0n) is 25.6. The van der Waals surface area contributed by atoms with Gasteiger partial charge in [0, 0.05) is 47.6 Å². The van der Waals surface area contributed by atoms with Gasteiger partial charge in [-0.1, -0.05) is 127 Å². The van der Waals surface area contributed by atoms with Crippen LogP contribution in [0, 0.1) is 0 Å². The van der Waals surface area contributed by atoms with Crippen LogP contribution in [-0.4, -0.2) is 15.0 Å². The maximum Gasteiger partial charge on any atom is 0.164 e. The number of nitrogens with zero attached hydrogens (tertiary/aromatic N) is 3. The molecule has 0 amide bonds. The zero-order chi connectivity index (χ0) is 31.6. The number of fused-ring (bicyclic) bond motifs is 7. The van der Waals surface area contributed by atoms with Gasteiger partial charge in [-0.3, -0.25) is 0 Å². The van der Waals surface area contributed by atoms with Crippen LogP contribution in [0.5, 0.6) is 0 Å². The molecule has 0 radical (unpaired) electrons. The first kappa shape index (κ1) is 27.0. The van der Waals surface area contributed by atoms with E-state index in [-0.39, 0.29) is 0 Å². The summed E-state index contributed by atoms with van der Waals surface area (Å²) in [6.07, 6.45) is 0. The molecule has 10 aromatic rings. The lowest BCUT2D eigenvalue weighted by atomic mass is 9.93. The van der Waals surface area contributed by atoms with E-state index in [1.165, 1.54) is 31.3 Å². The Bertz CT molecular complexity index is 2850. The van der Waals surface area contributed by atoms with Gasteiger partial charge in [0.05, 0.1) is 0 Å². The average Bonchev–Trinajstić information content (AvgIpc) is 3.73.